The Hall–Kier alpha value is -1.57. The summed E-state index contributed by atoms with van der Waals surface area (Å²) >= 11 is 0. The number of amides is 1. The largest absolute Gasteiger partial charge is 0.352 e. The third-order valence-electron chi connectivity index (χ3n) is 3.28. The monoisotopic (exact) mass is 259 g/mol. The number of aryl methyl sites for hydroxylation is 1. The second-order valence-corrected chi connectivity index (χ2v) is 5.45. The normalized spacial score (nSPS) is 11.9. The summed E-state index contributed by atoms with van der Waals surface area (Å²) in [4.78, 5) is 11.9. The van der Waals surface area contributed by atoms with E-state index in [1.807, 2.05) is 13.8 Å². The van der Waals surface area contributed by atoms with Gasteiger partial charge in [0.25, 0.3) is 0 Å². The summed E-state index contributed by atoms with van der Waals surface area (Å²) in [7, 11) is 0. The molecule has 0 aliphatic heterocycles. The van der Waals surface area contributed by atoms with Crippen LogP contribution in [0.15, 0.2) is 36.4 Å². The minimum Gasteiger partial charge on any atom is -0.352 e. The van der Waals surface area contributed by atoms with Gasteiger partial charge in [-0.15, -0.1) is 6.58 Å². The first-order valence-corrected chi connectivity index (χ1v) is 6.96. The molecular formula is C17H25NO. The molecule has 0 saturated carbocycles. The quantitative estimate of drug-likeness (QED) is 0.737. The maximum Gasteiger partial charge on any atom is 0.223 e. The lowest BCUT2D eigenvalue weighted by atomic mass is 10.0. The lowest BCUT2D eigenvalue weighted by molar-refractivity contribution is -0.124. The van der Waals surface area contributed by atoms with Gasteiger partial charge in [0.1, 0.15) is 0 Å². The van der Waals surface area contributed by atoms with Gasteiger partial charge in [-0.3, -0.25) is 4.79 Å². The first kappa shape index (κ1) is 15.5. The molecule has 1 rings (SSSR count). The van der Waals surface area contributed by atoms with Crippen molar-refractivity contribution >= 4 is 5.91 Å². The van der Waals surface area contributed by atoms with E-state index in [1.54, 1.807) is 0 Å². The molecule has 1 atom stereocenters. The van der Waals surface area contributed by atoms with Crippen molar-refractivity contribution in [2.24, 2.45) is 5.92 Å². The zero-order valence-electron chi connectivity index (χ0n) is 12.3. The highest BCUT2D eigenvalue weighted by atomic mass is 16.1. The zero-order chi connectivity index (χ0) is 14.3. The molecule has 0 radical (unpaired) electrons. The molecule has 0 bridgehead atoms. The average Bonchev–Trinajstić information content (AvgIpc) is 2.37. The van der Waals surface area contributed by atoms with Crippen LogP contribution in [0.4, 0.5) is 0 Å². The highest BCUT2D eigenvalue weighted by molar-refractivity contribution is 5.78. The van der Waals surface area contributed by atoms with Crippen LogP contribution in [0.25, 0.3) is 0 Å². The Morgan fingerprint density at radius 3 is 2.53 bits per heavy atom. The van der Waals surface area contributed by atoms with Crippen molar-refractivity contribution in [3.63, 3.8) is 0 Å². The predicted molar refractivity (Wildman–Crippen MR) is 80.9 cm³/mol. The van der Waals surface area contributed by atoms with Gasteiger partial charge in [-0.2, -0.15) is 0 Å². The van der Waals surface area contributed by atoms with Gasteiger partial charge in [-0.25, -0.2) is 0 Å². The van der Waals surface area contributed by atoms with Crippen LogP contribution in [0.5, 0.6) is 0 Å². The van der Waals surface area contributed by atoms with E-state index >= 15 is 0 Å². The number of allylic oxidation sites excluding steroid dienone is 1. The van der Waals surface area contributed by atoms with Crippen LogP contribution in [0.2, 0.25) is 0 Å². The Kier molecular flexibility index (Phi) is 6.34. The Balaban J connectivity index is 2.30. The fourth-order valence-corrected chi connectivity index (χ4v) is 1.91. The minimum absolute atomic E-state index is 0.0739. The summed E-state index contributed by atoms with van der Waals surface area (Å²) in [6.45, 7) is 10.6. The molecule has 2 heteroatoms. The van der Waals surface area contributed by atoms with Crippen molar-refractivity contribution in [3.8, 4) is 0 Å². The molecule has 0 spiro atoms. The number of rotatable bonds is 7. The maximum absolute atomic E-state index is 11.9. The first-order valence-electron chi connectivity index (χ1n) is 6.96. The SMILES string of the molecule is C=C(C)CCCC(C)C(=O)NCc1ccc(C)cc1. The van der Waals surface area contributed by atoms with E-state index in [0.29, 0.717) is 6.54 Å². The van der Waals surface area contributed by atoms with Gasteiger partial charge in [0.2, 0.25) is 5.91 Å². The van der Waals surface area contributed by atoms with Crippen LogP contribution < -0.4 is 5.32 Å². The van der Waals surface area contributed by atoms with Gasteiger partial charge >= 0.3 is 0 Å². The van der Waals surface area contributed by atoms with Crippen molar-refractivity contribution in [1.82, 2.24) is 5.32 Å². The molecule has 1 N–H and O–H groups in total. The molecule has 104 valence electrons. The number of carbonyl (C=O) groups excluding carboxylic acids is 1. The standard InChI is InChI=1S/C17H25NO/c1-13(2)6-5-7-15(4)17(19)18-12-16-10-8-14(3)9-11-16/h8-11,15H,1,5-7,12H2,2-4H3,(H,18,19). The number of benzene rings is 1. The van der Waals surface area contributed by atoms with Crippen molar-refractivity contribution in [2.45, 2.75) is 46.6 Å². The molecule has 1 amide bonds. The van der Waals surface area contributed by atoms with Gasteiger partial charge in [0.15, 0.2) is 0 Å². The molecule has 1 aromatic carbocycles. The summed E-state index contributed by atoms with van der Waals surface area (Å²) in [6, 6.07) is 8.25. The number of nitrogens with one attached hydrogen (secondary N) is 1. The lowest BCUT2D eigenvalue weighted by Crippen LogP contribution is -2.28. The summed E-state index contributed by atoms with van der Waals surface area (Å²) in [5.41, 5.74) is 3.57. The van der Waals surface area contributed by atoms with Gasteiger partial charge in [-0.05, 0) is 38.7 Å². The molecule has 1 aromatic rings. The first-order chi connectivity index (χ1) is 8.99. The Morgan fingerprint density at radius 2 is 1.95 bits per heavy atom. The Labute approximate surface area is 116 Å². The molecular weight excluding hydrogens is 234 g/mol. The van der Waals surface area contributed by atoms with E-state index in [0.717, 1.165) is 24.8 Å². The third kappa shape index (κ3) is 6.23. The molecule has 1 unspecified atom stereocenters. The molecule has 0 aliphatic carbocycles. The van der Waals surface area contributed by atoms with Crippen LogP contribution in [-0.4, -0.2) is 5.91 Å². The Morgan fingerprint density at radius 1 is 1.32 bits per heavy atom. The van der Waals surface area contributed by atoms with Crippen molar-refractivity contribution in [2.75, 3.05) is 0 Å². The highest BCUT2D eigenvalue weighted by Gasteiger charge is 2.11. The molecule has 0 heterocycles. The number of hydrogen-bond acceptors (Lipinski definition) is 1. The molecule has 0 saturated heterocycles. The minimum atomic E-state index is 0.0739. The van der Waals surface area contributed by atoms with E-state index in [-0.39, 0.29) is 11.8 Å². The fourth-order valence-electron chi connectivity index (χ4n) is 1.91. The van der Waals surface area contributed by atoms with Crippen LogP contribution in [0, 0.1) is 12.8 Å². The second-order valence-electron chi connectivity index (χ2n) is 5.45. The molecule has 0 aliphatic rings. The third-order valence-corrected chi connectivity index (χ3v) is 3.28. The Bertz CT molecular complexity index is 419. The van der Waals surface area contributed by atoms with E-state index < -0.39 is 0 Å². The molecule has 0 aromatic heterocycles. The average molecular weight is 259 g/mol. The van der Waals surface area contributed by atoms with Crippen LogP contribution in [-0.2, 0) is 11.3 Å². The van der Waals surface area contributed by atoms with E-state index in [1.165, 1.54) is 11.1 Å². The maximum atomic E-state index is 11.9. The summed E-state index contributed by atoms with van der Waals surface area (Å²) < 4.78 is 0. The van der Waals surface area contributed by atoms with Gasteiger partial charge < -0.3 is 5.32 Å². The van der Waals surface area contributed by atoms with Crippen molar-refractivity contribution in [1.29, 1.82) is 0 Å². The van der Waals surface area contributed by atoms with Gasteiger partial charge in [0, 0.05) is 12.5 Å². The van der Waals surface area contributed by atoms with Gasteiger partial charge in [0.05, 0.1) is 0 Å². The van der Waals surface area contributed by atoms with Crippen LogP contribution >= 0.6 is 0 Å². The van der Waals surface area contributed by atoms with Crippen LogP contribution in [0.1, 0.15) is 44.2 Å². The van der Waals surface area contributed by atoms with Gasteiger partial charge in [-0.1, -0.05) is 42.3 Å². The van der Waals surface area contributed by atoms with E-state index in [2.05, 4.69) is 43.1 Å². The van der Waals surface area contributed by atoms with E-state index in [4.69, 9.17) is 0 Å². The predicted octanol–water partition coefficient (Wildman–Crippen LogP) is 3.99. The zero-order valence-corrected chi connectivity index (χ0v) is 12.3. The lowest BCUT2D eigenvalue weighted by Gasteiger charge is -2.12. The summed E-state index contributed by atoms with van der Waals surface area (Å²) in [6.07, 6.45) is 2.97. The molecule has 19 heavy (non-hydrogen) atoms. The molecule has 2 nitrogen and oxygen atoms in total. The topological polar surface area (TPSA) is 29.1 Å². The highest BCUT2D eigenvalue weighted by Crippen LogP contribution is 2.11. The molecule has 0 fully saturated rings. The summed E-state index contributed by atoms with van der Waals surface area (Å²) in [5.74, 6) is 0.215. The fraction of sp³-hybridized carbons (Fsp3) is 0.471. The summed E-state index contributed by atoms with van der Waals surface area (Å²) in [5, 5.41) is 2.99. The number of hydrogen-bond donors (Lipinski definition) is 1. The van der Waals surface area contributed by atoms with Crippen molar-refractivity contribution < 1.29 is 4.79 Å². The van der Waals surface area contributed by atoms with Crippen molar-refractivity contribution in [3.05, 3.63) is 47.5 Å². The second kappa shape index (κ2) is 7.78. The van der Waals surface area contributed by atoms with E-state index in [9.17, 15) is 4.79 Å². The van der Waals surface area contributed by atoms with Crippen LogP contribution in [0.3, 0.4) is 0 Å². The smallest absolute Gasteiger partial charge is 0.223 e. The number of carbonyl (C=O) groups is 1.